The van der Waals surface area contributed by atoms with E-state index in [-0.39, 0.29) is 16.9 Å². The molecule has 0 aliphatic heterocycles. The van der Waals surface area contributed by atoms with Gasteiger partial charge < -0.3 is 5.11 Å². The summed E-state index contributed by atoms with van der Waals surface area (Å²) in [6.45, 7) is 0. The smallest absolute Gasteiger partial charge is 0.153 e. The number of phenols is 1. The Balaban J connectivity index is 2.60. The van der Waals surface area contributed by atoms with Crippen LogP contribution in [-0.2, 0) is 0 Å². The molecule has 2 rings (SSSR count). The van der Waals surface area contributed by atoms with Gasteiger partial charge in [0.05, 0.1) is 5.56 Å². The highest BCUT2D eigenvalue weighted by atomic mass is 19.1. The highest BCUT2D eigenvalue weighted by Crippen LogP contribution is 2.27. The van der Waals surface area contributed by atoms with Crippen LogP contribution in [0.1, 0.15) is 10.4 Å². The number of benzene rings is 2. The Morgan fingerprint density at radius 3 is 2.53 bits per heavy atom. The molecule has 0 aliphatic rings. The van der Waals surface area contributed by atoms with Crippen LogP contribution < -0.4 is 0 Å². The van der Waals surface area contributed by atoms with Crippen LogP contribution in [0.25, 0.3) is 11.1 Å². The number of hydrogen-bond acceptors (Lipinski definition) is 2. The summed E-state index contributed by atoms with van der Waals surface area (Å²) in [7, 11) is 0. The summed E-state index contributed by atoms with van der Waals surface area (Å²) in [5, 5.41) is 9.31. The summed E-state index contributed by atoms with van der Waals surface area (Å²) in [6, 6.07) is 7.05. The molecule has 2 nitrogen and oxygen atoms in total. The zero-order chi connectivity index (χ0) is 12.4. The van der Waals surface area contributed by atoms with Crippen LogP contribution in [0.5, 0.6) is 5.75 Å². The average Bonchev–Trinajstić information content (AvgIpc) is 2.33. The van der Waals surface area contributed by atoms with Crippen LogP contribution in [0.4, 0.5) is 8.78 Å². The van der Waals surface area contributed by atoms with Crippen molar-refractivity contribution in [2.45, 2.75) is 0 Å². The second-order valence-electron chi connectivity index (χ2n) is 3.52. The van der Waals surface area contributed by atoms with Gasteiger partial charge in [-0.2, -0.15) is 0 Å². The van der Waals surface area contributed by atoms with E-state index in [1.54, 1.807) is 0 Å². The molecule has 2 aromatic rings. The fourth-order valence-corrected chi connectivity index (χ4v) is 1.54. The summed E-state index contributed by atoms with van der Waals surface area (Å²) in [5.74, 6) is -1.35. The predicted octanol–water partition coefficient (Wildman–Crippen LogP) is 3.15. The molecule has 1 N–H and O–H groups in total. The molecule has 0 amide bonds. The van der Waals surface area contributed by atoms with Gasteiger partial charge >= 0.3 is 0 Å². The van der Waals surface area contributed by atoms with E-state index in [0.29, 0.717) is 11.8 Å². The fourth-order valence-electron chi connectivity index (χ4n) is 1.54. The van der Waals surface area contributed by atoms with Gasteiger partial charge in [-0.3, -0.25) is 4.79 Å². The first-order valence-electron chi connectivity index (χ1n) is 4.85. The number of phenolic OH excluding ortho intramolecular Hbond substituents is 1. The molecule has 17 heavy (non-hydrogen) atoms. The summed E-state index contributed by atoms with van der Waals surface area (Å²) in [5.41, 5.74) is 0.418. The van der Waals surface area contributed by atoms with Crippen molar-refractivity contribution in [2.75, 3.05) is 0 Å². The first-order chi connectivity index (χ1) is 8.11. The number of rotatable bonds is 2. The largest absolute Gasteiger partial charge is 0.507 e. The highest BCUT2D eigenvalue weighted by molar-refractivity contribution is 5.82. The van der Waals surface area contributed by atoms with Crippen LogP contribution in [0.2, 0.25) is 0 Å². The Morgan fingerprint density at radius 2 is 1.82 bits per heavy atom. The molecule has 0 radical (unpaired) electrons. The highest BCUT2D eigenvalue weighted by Gasteiger charge is 2.09. The maximum atomic E-state index is 13.5. The lowest BCUT2D eigenvalue weighted by Gasteiger charge is -2.05. The minimum absolute atomic E-state index is 0.0335. The van der Waals surface area contributed by atoms with Crippen molar-refractivity contribution in [3.8, 4) is 16.9 Å². The van der Waals surface area contributed by atoms with E-state index >= 15 is 0 Å². The third kappa shape index (κ3) is 2.15. The number of halogens is 2. The van der Waals surface area contributed by atoms with Crippen molar-refractivity contribution in [2.24, 2.45) is 0 Å². The summed E-state index contributed by atoms with van der Waals surface area (Å²) in [6.07, 6.45) is 0.454. The van der Waals surface area contributed by atoms with Crippen molar-refractivity contribution in [1.82, 2.24) is 0 Å². The Bertz CT molecular complexity index is 580. The molecule has 2 aromatic carbocycles. The normalized spacial score (nSPS) is 10.2. The van der Waals surface area contributed by atoms with E-state index in [1.807, 2.05) is 0 Å². The SMILES string of the molecule is O=Cc1cc(-c2cc(F)ccc2F)ccc1O. The van der Waals surface area contributed by atoms with Crippen LogP contribution in [0, 0.1) is 11.6 Å². The topological polar surface area (TPSA) is 37.3 Å². The molecular formula is C13H8F2O2. The lowest BCUT2D eigenvalue weighted by Crippen LogP contribution is -1.89. The maximum Gasteiger partial charge on any atom is 0.153 e. The van der Waals surface area contributed by atoms with E-state index in [4.69, 9.17) is 0 Å². The maximum absolute atomic E-state index is 13.5. The van der Waals surface area contributed by atoms with Gasteiger partial charge in [0, 0.05) is 5.56 Å². The second-order valence-corrected chi connectivity index (χ2v) is 3.52. The van der Waals surface area contributed by atoms with Gasteiger partial charge in [-0.1, -0.05) is 6.07 Å². The number of carbonyl (C=O) groups is 1. The van der Waals surface area contributed by atoms with Gasteiger partial charge in [0.25, 0.3) is 0 Å². The number of aromatic hydroxyl groups is 1. The van der Waals surface area contributed by atoms with Crippen LogP contribution in [-0.4, -0.2) is 11.4 Å². The third-order valence-electron chi connectivity index (χ3n) is 2.39. The summed E-state index contributed by atoms with van der Waals surface area (Å²) >= 11 is 0. The molecule has 0 bridgehead atoms. The van der Waals surface area contributed by atoms with Crippen molar-refractivity contribution in [1.29, 1.82) is 0 Å². The van der Waals surface area contributed by atoms with Crippen LogP contribution >= 0.6 is 0 Å². The van der Waals surface area contributed by atoms with E-state index in [9.17, 15) is 18.7 Å². The molecule has 86 valence electrons. The van der Waals surface area contributed by atoms with Crippen molar-refractivity contribution >= 4 is 6.29 Å². The minimum atomic E-state index is -0.589. The van der Waals surface area contributed by atoms with Gasteiger partial charge in [0.15, 0.2) is 6.29 Å². The first kappa shape index (κ1) is 11.3. The van der Waals surface area contributed by atoms with E-state index < -0.39 is 11.6 Å². The zero-order valence-corrected chi connectivity index (χ0v) is 8.65. The molecule has 0 spiro atoms. The summed E-state index contributed by atoms with van der Waals surface area (Å²) < 4.78 is 26.5. The third-order valence-corrected chi connectivity index (χ3v) is 2.39. The quantitative estimate of drug-likeness (QED) is 0.810. The Kier molecular flexibility index (Phi) is 2.87. The Hall–Kier alpha value is -2.23. The molecule has 0 atom stereocenters. The number of hydrogen-bond donors (Lipinski definition) is 1. The van der Waals surface area contributed by atoms with E-state index in [0.717, 1.165) is 18.2 Å². The lowest BCUT2D eigenvalue weighted by molar-refractivity contribution is 0.112. The number of carbonyl (C=O) groups excluding carboxylic acids is 1. The first-order valence-corrected chi connectivity index (χ1v) is 4.85. The van der Waals surface area contributed by atoms with Gasteiger partial charge in [-0.15, -0.1) is 0 Å². The van der Waals surface area contributed by atoms with Gasteiger partial charge in [0.1, 0.15) is 17.4 Å². The fraction of sp³-hybridized carbons (Fsp3) is 0. The Morgan fingerprint density at radius 1 is 1.06 bits per heavy atom. The molecule has 0 unspecified atom stereocenters. The molecule has 4 heteroatoms. The molecular weight excluding hydrogens is 226 g/mol. The second kappa shape index (κ2) is 4.33. The zero-order valence-electron chi connectivity index (χ0n) is 8.65. The van der Waals surface area contributed by atoms with Crippen LogP contribution in [0.3, 0.4) is 0 Å². The van der Waals surface area contributed by atoms with Crippen molar-refractivity contribution < 1.29 is 18.7 Å². The molecule has 0 aromatic heterocycles. The van der Waals surface area contributed by atoms with Gasteiger partial charge in [-0.25, -0.2) is 8.78 Å². The van der Waals surface area contributed by atoms with E-state index in [2.05, 4.69) is 0 Å². The number of aldehydes is 1. The lowest BCUT2D eigenvalue weighted by atomic mass is 10.0. The standard InChI is InChI=1S/C13H8F2O2/c14-10-2-3-12(15)11(6-10)8-1-4-13(17)9(5-8)7-16/h1-7,17H. The minimum Gasteiger partial charge on any atom is -0.507 e. The van der Waals surface area contributed by atoms with Crippen molar-refractivity contribution in [3.05, 3.63) is 53.6 Å². The van der Waals surface area contributed by atoms with Gasteiger partial charge in [0.2, 0.25) is 0 Å². The van der Waals surface area contributed by atoms with E-state index in [1.165, 1.54) is 18.2 Å². The molecule has 0 saturated heterocycles. The Labute approximate surface area is 96.1 Å². The molecule has 0 saturated carbocycles. The molecule has 0 fully saturated rings. The summed E-state index contributed by atoms with van der Waals surface area (Å²) in [4.78, 5) is 10.6. The van der Waals surface area contributed by atoms with Crippen molar-refractivity contribution in [3.63, 3.8) is 0 Å². The predicted molar refractivity (Wildman–Crippen MR) is 58.8 cm³/mol. The van der Waals surface area contributed by atoms with Crippen LogP contribution in [0.15, 0.2) is 36.4 Å². The average molecular weight is 234 g/mol. The van der Waals surface area contributed by atoms with Gasteiger partial charge in [-0.05, 0) is 35.9 Å². The molecule has 0 heterocycles. The molecule has 0 aliphatic carbocycles. The monoisotopic (exact) mass is 234 g/mol.